The Morgan fingerprint density at radius 2 is 0.933 bits per heavy atom. The molecule has 3 aromatic heterocycles. The highest BCUT2D eigenvalue weighted by Crippen LogP contribution is 2.39. The molecule has 0 bridgehead atoms. The smallest absolute Gasteiger partial charge is 0.135 e. The van der Waals surface area contributed by atoms with Crippen LogP contribution in [0, 0.1) is 0 Å². The molecule has 0 aliphatic rings. The van der Waals surface area contributed by atoms with Gasteiger partial charge in [0.05, 0.1) is 11.0 Å². The fourth-order valence-corrected chi connectivity index (χ4v) is 8.77. The van der Waals surface area contributed by atoms with Crippen molar-refractivity contribution in [1.29, 1.82) is 0 Å². The predicted octanol–water partition coefficient (Wildman–Crippen LogP) is 16.9. The Labute approximate surface area is 350 Å². The van der Waals surface area contributed by atoms with E-state index in [0.717, 1.165) is 56.0 Å². The molecule has 3 heteroatoms. The summed E-state index contributed by atoms with van der Waals surface area (Å²) < 4.78 is 14.8. The van der Waals surface area contributed by atoms with E-state index in [1.807, 2.05) is 12.1 Å². The fraction of sp³-hybridized carbons (Fsp3) is 0.0877. The van der Waals surface area contributed by atoms with Gasteiger partial charge >= 0.3 is 0 Å². The number of rotatable bonds is 6. The molecule has 0 radical (unpaired) electrons. The SMILES string of the molecule is C/C=C\C(CC)=C(C)C.c1ccc(-c2ccc3oc4ccc(-n5c6ccccc6c6cc(-c7cccc(-c8ccc9oc%10ccccc%10c9c8)c7)ccc65)cc4c3c2)cc1. The summed E-state index contributed by atoms with van der Waals surface area (Å²) in [7, 11) is 0. The predicted molar refractivity (Wildman–Crippen MR) is 255 cm³/mol. The summed E-state index contributed by atoms with van der Waals surface area (Å²) in [4.78, 5) is 0. The lowest BCUT2D eigenvalue weighted by atomic mass is 9.97. The van der Waals surface area contributed by atoms with Crippen LogP contribution in [0.3, 0.4) is 0 Å². The number of hydrogen-bond donors (Lipinski definition) is 0. The highest BCUT2D eigenvalue weighted by atomic mass is 16.3. The van der Waals surface area contributed by atoms with Crippen LogP contribution in [-0.2, 0) is 0 Å². The minimum absolute atomic E-state index is 0.891. The quantitative estimate of drug-likeness (QED) is 0.158. The Hall–Kier alpha value is -7.36. The van der Waals surface area contributed by atoms with Gasteiger partial charge in [-0.1, -0.05) is 128 Å². The third-order valence-corrected chi connectivity index (χ3v) is 11.8. The van der Waals surface area contributed by atoms with Gasteiger partial charge in [0.15, 0.2) is 0 Å². The minimum Gasteiger partial charge on any atom is -0.456 e. The average molecular weight is 776 g/mol. The molecule has 0 N–H and O–H groups in total. The second-order valence-corrected chi connectivity index (χ2v) is 15.7. The second-order valence-electron chi connectivity index (χ2n) is 15.7. The van der Waals surface area contributed by atoms with Gasteiger partial charge < -0.3 is 13.4 Å². The molecular formula is C57H45NO2. The Bertz CT molecular complexity index is 3440. The lowest BCUT2D eigenvalue weighted by Gasteiger charge is -2.09. The maximum absolute atomic E-state index is 6.32. The largest absolute Gasteiger partial charge is 0.456 e. The molecule has 0 amide bonds. The summed E-state index contributed by atoms with van der Waals surface area (Å²) in [6.07, 6.45) is 5.41. The van der Waals surface area contributed by atoms with Crippen molar-refractivity contribution in [2.24, 2.45) is 0 Å². The Kier molecular flexibility index (Phi) is 9.50. The monoisotopic (exact) mass is 775 g/mol. The van der Waals surface area contributed by atoms with Crippen molar-refractivity contribution in [2.75, 3.05) is 0 Å². The molecule has 0 fully saturated rings. The van der Waals surface area contributed by atoms with Gasteiger partial charge in [0.25, 0.3) is 0 Å². The van der Waals surface area contributed by atoms with Crippen LogP contribution in [0.4, 0.5) is 0 Å². The first-order chi connectivity index (χ1) is 29.5. The van der Waals surface area contributed by atoms with Crippen LogP contribution in [-0.4, -0.2) is 4.57 Å². The Morgan fingerprint density at radius 3 is 1.60 bits per heavy atom. The zero-order chi connectivity index (χ0) is 40.7. The molecule has 11 rings (SSSR count). The van der Waals surface area contributed by atoms with E-state index in [0.29, 0.717) is 0 Å². The van der Waals surface area contributed by atoms with Gasteiger partial charge in [0, 0.05) is 38.0 Å². The van der Waals surface area contributed by atoms with Gasteiger partial charge in [-0.15, -0.1) is 0 Å². The van der Waals surface area contributed by atoms with Crippen LogP contribution < -0.4 is 0 Å². The molecule has 0 atom stereocenters. The molecule has 0 unspecified atom stereocenters. The van der Waals surface area contributed by atoms with Gasteiger partial charge in [0.2, 0.25) is 0 Å². The number of aromatic nitrogens is 1. The number of nitrogens with zero attached hydrogens (tertiary/aromatic N) is 1. The van der Waals surface area contributed by atoms with Crippen LogP contribution in [0.15, 0.2) is 208 Å². The molecule has 0 saturated carbocycles. The minimum atomic E-state index is 0.891. The van der Waals surface area contributed by atoms with Crippen LogP contribution in [0.25, 0.3) is 105 Å². The van der Waals surface area contributed by atoms with E-state index < -0.39 is 0 Å². The molecule has 0 saturated heterocycles. The highest BCUT2D eigenvalue weighted by molar-refractivity contribution is 6.12. The van der Waals surface area contributed by atoms with Gasteiger partial charge in [0.1, 0.15) is 22.3 Å². The molecule has 0 aliphatic carbocycles. The zero-order valence-corrected chi connectivity index (χ0v) is 34.4. The highest BCUT2D eigenvalue weighted by Gasteiger charge is 2.16. The second kappa shape index (κ2) is 15.4. The van der Waals surface area contributed by atoms with Gasteiger partial charge in [-0.3, -0.25) is 0 Å². The van der Waals surface area contributed by atoms with Gasteiger partial charge in [-0.25, -0.2) is 0 Å². The zero-order valence-electron chi connectivity index (χ0n) is 34.4. The van der Waals surface area contributed by atoms with E-state index in [4.69, 9.17) is 8.83 Å². The van der Waals surface area contributed by atoms with Gasteiger partial charge in [-0.05, 0) is 139 Å². The number of fused-ring (bicyclic) bond motifs is 9. The normalized spacial score (nSPS) is 11.7. The number of benzene rings is 8. The lowest BCUT2D eigenvalue weighted by Crippen LogP contribution is -1.93. The van der Waals surface area contributed by atoms with Crippen molar-refractivity contribution in [3.63, 3.8) is 0 Å². The summed E-state index contributed by atoms with van der Waals surface area (Å²) in [5.74, 6) is 0. The summed E-state index contributed by atoms with van der Waals surface area (Å²) in [6, 6.07) is 62.7. The van der Waals surface area contributed by atoms with Crippen molar-refractivity contribution < 1.29 is 8.83 Å². The number of para-hydroxylation sites is 2. The summed E-state index contributed by atoms with van der Waals surface area (Å²) >= 11 is 0. The first kappa shape index (κ1) is 36.9. The van der Waals surface area contributed by atoms with E-state index in [1.165, 1.54) is 66.3 Å². The maximum Gasteiger partial charge on any atom is 0.135 e. The standard InChI is InChI=1S/C48H29NO2.C9H16/c1-2-9-30(10-3-1)33-18-22-47-41(27-33)42-29-36(20-24-48(42)51-47)49-43-15-6-4-13-37(43)39-26-34(17-21-44(39)49)31-11-8-12-32(25-31)35-19-23-46-40(28-35)38-14-5-7-16-45(38)50-46;1-5-7-9(6-2)8(3)4/h1-29H;5,7H,6H2,1-4H3/b;7-5-. The maximum atomic E-state index is 6.32. The first-order valence-electron chi connectivity index (χ1n) is 20.8. The van der Waals surface area contributed by atoms with Crippen LogP contribution >= 0.6 is 0 Å². The topological polar surface area (TPSA) is 31.2 Å². The van der Waals surface area contributed by atoms with Crippen molar-refractivity contribution in [3.8, 4) is 39.1 Å². The van der Waals surface area contributed by atoms with Crippen LogP contribution in [0.2, 0.25) is 0 Å². The molecule has 290 valence electrons. The van der Waals surface area contributed by atoms with E-state index in [2.05, 4.69) is 208 Å². The van der Waals surface area contributed by atoms with E-state index in [-0.39, 0.29) is 0 Å². The van der Waals surface area contributed by atoms with Gasteiger partial charge in [-0.2, -0.15) is 0 Å². The summed E-state index contributed by atoms with van der Waals surface area (Å²) in [5.41, 5.74) is 17.1. The Morgan fingerprint density at radius 1 is 0.433 bits per heavy atom. The number of hydrogen-bond acceptors (Lipinski definition) is 2. The van der Waals surface area contributed by atoms with Crippen molar-refractivity contribution in [1.82, 2.24) is 4.57 Å². The third-order valence-electron chi connectivity index (χ3n) is 11.8. The number of allylic oxidation sites excluding steroid dienone is 4. The van der Waals surface area contributed by atoms with Crippen molar-refractivity contribution in [2.45, 2.75) is 34.1 Å². The molecule has 0 spiro atoms. The summed E-state index contributed by atoms with van der Waals surface area (Å²) in [6.45, 7) is 8.54. The van der Waals surface area contributed by atoms with E-state index in [9.17, 15) is 0 Å². The van der Waals surface area contributed by atoms with E-state index in [1.54, 1.807) is 0 Å². The molecule has 60 heavy (non-hydrogen) atoms. The molecular weight excluding hydrogens is 731 g/mol. The fourth-order valence-electron chi connectivity index (χ4n) is 8.77. The molecule has 3 heterocycles. The molecule has 3 nitrogen and oxygen atoms in total. The summed E-state index contributed by atoms with van der Waals surface area (Å²) in [5, 5.41) is 6.97. The number of furan rings is 2. The lowest BCUT2D eigenvalue weighted by molar-refractivity contribution is 0.668. The Balaban J connectivity index is 0.000000435. The van der Waals surface area contributed by atoms with Crippen molar-refractivity contribution in [3.05, 3.63) is 199 Å². The van der Waals surface area contributed by atoms with Crippen LogP contribution in [0.1, 0.15) is 34.1 Å². The van der Waals surface area contributed by atoms with Crippen molar-refractivity contribution >= 4 is 65.7 Å². The molecule has 0 aliphatic heterocycles. The first-order valence-corrected chi connectivity index (χ1v) is 20.8. The molecule has 11 aromatic rings. The average Bonchev–Trinajstić information content (AvgIpc) is 3.97. The van der Waals surface area contributed by atoms with E-state index >= 15 is 0 Å². The molecule has 8 aromatic carbocycles. The van der Waals surface area contributed by atoms with Crippen LogP contribution in [0.5, 0.6) is 0 Å². The third kappa shape index (κ3) is 6.59.